The average molecular weight is 562 g/mol. The van der Waals surface area contributed by atoms with E-state index in [0.29, 0.717) is 13.0 Å². The van der Waals surface area contributed by atoms with Crippen molar-refractivity contribution in [3.05, 3.63) is 89.7 Å². The second kappa shape index (κ2) is 14.6. The van der Waals surface area contributed by atoms with E-state index in [9.17, 15) is 14.4 Å². The molecule has 0 aliphatic rings. The Morgan fingerprint density at radius 1 is 0.902 bits per heavy atom. The smallest absolute Gasteiger partial charge is 0.309 e. The van der Waals surface area contributed by atoms with Gasteiger partial charge in [0.05, 0.1) is 25.2 Å². The lowest BCUT2D eigenvalue weighted by Gasteiger charge is -2.38. The van der Waals surface area contributed by atoms with Crippen LogP contribution in [-0.4, -0.2) is 41.5 Å². The van der Waals surface area contributed by atoms with Crippen LogP contribution in [-0.2, 0) is 32.1 Å². The normalized spacial score (nSPS) is 13.5. The summed E-state index contributed by atoms with van der Waals surface area (Å²) in [5.41, 5.74) is 1.43. The van der Waals surface area contributed by atoms with Crippen LogP contribution < -0.4 is 9.47 Å². The molecule has 0 amide bonds. The summed E-state index contributed by atoms with van der Waals surface area (Å²) in [4.78, 5) is 42.1. The number of ether oxygens (including phenoxy) is 4. The van der Waals surface area contributed by atoms with E-state index in [-0.39, 0.29) is 29.5 Å². The summed E-state index contributed by atoms with van der Waals surface area (Å²) < 4.78 is 22.8. The predicted octanol–water partition coefficient (Wildman–Crippen LogP) is 6.01. The van der Waals surface area contributed by atoms with Gasteiger partial charge in [0.2, 0.25) is 5.75 Å². The second-order valence-electron chi connectivity index (χ2n) is 10.6. The average Bonchev–Trinajstić information content (AvgIpc) is 2.95. The minimum atomic E-state index is -0.770. The van der Waals surface area contributed by atoms with Crippen molar-refractivity contribution in [2.75, 3.05) is 7.11 Å². The zero-order valence-corrected chi connectivity index (χ0v) is 24.6. The summed E-state index contributed by atoms with van der Waals surface area (Å²) >= 11 is 0. The van der Waals surface area contributed by atoms with Crippen molar-refractivity contribution in [3.8, 4) is 11.5 Å². The van der Waals surface area contributed by atoms with Gasteiger partial charge in [-0.15, -0.1) is 0 Å². The number of Topliss-reactive ketones (excluding diaryl/α,β-unsaturated/α-hetero) is 1. The number of aromatic nitrogens is 1. The summed E-state index contributed by atoms with van der Waals surface area (Å²) in [5.74, 6) is -2.42. The standard InChI is InChI=1S/C33H39NO7/c1-22(19-28(36)30-31(41-24(3)35)29(38-6)17-18-34-30)32(37)40-23(2)27(20-25-13-9-7-10-14-25)33(4,5)39-21-26-15-11-8-12-16-26/h7-18,22-23,27H,19-21H2,1-6H3/t22-,23+,27+/m1/s1. The SMILES string of the molecule is COc1ccnc(C(=O)C[C@@H](C)C(=O)O[C@@H](C)[C@H](Cc2ccccc2)C(C)(C)OCc2ccccc2)c1OC(C)=O. The Morgan fingerprint density at radius 3 is 2.10 bits per heavy atom. The van der Waals surface area contributed by atoms with Gasteiger partial charge in [-0.1, -0.05) is 67.6 Å². The minimum Gasteiger partial charge on any atom is -0.493 e. The van der Waals surface area contributed by atoms with E-state index in [1.54, 1.807) is 6.92 Å². The number of benzene rings is 2. The topological polar surface area (TPSA) is 101 Å². The Kier molecular flexibility index (Phi) is 11.2. The maximum Gasteiger partial charge on any atom is 0.309 e. The van der Waals surface area contributed by atoms with Gasteiger partial charge in [-0.2, -0.15) is 0 Å². The molecule has 8 nitrogen and oxygen atoms in total. The van der Waals surface area contributed by atoms with E-state index in [4.69, 9.17) is 18.9 Å². The molecule has 8 heteroatoms. The summed E-state index contributed by atoms with van der Waals surface area (Å²) in [7, 11) is 1.40. The van der Waals surface area contributed by atoms with Crippen LogP contribution in [0.15, 0.2) is 72.9 Å². The maximum atomic E-state index is 13.2. The number of carbonyl (C=O) groups is 3. The van der Waals surface area contributed by atoms with Crippen molar-refractivity contribution in [3.63, 3.8) is 0 Å². The highest BCUT2D eigenvalue weighted by Crippen LogP contribution is 2.33. The maximum absolute atomic E-state index is 13.2. The number of hydrogen-bond donors (Lipinski definition) is 0. The zero-order valence-electron chi connectivity index (χ0n) is 24.6. The number of nitrogens with zero attached hydrogens (tertiary/aromatic N) is 1. The minimum absolute atomic E-state index is 0.0679. The second-order valence-corrected chi connectivity index (χ2v) is 10.6. The van der Waals surface area contributed by atoms with Crippen LogP contribution in [0.2, 0.25) is 0 Å². The first-order chi connectivity index (χ1) is 19.5. The number of carbonyl (C=O) groups excluding carboxylic acids is 3. The zero-order chi connectivity index (χ0) is 30.0. The first-order valence-corrected chi connectivity index (χ1v) is 13.7. The molecule has 3 rings (SSSR count). The largest absolute Gasteiger partial charge is 0.493 e. The van der Waals surface area contributed by atoms with Crippen LogP contribution in [0.1, 0.15) is 62.7 Å². The molecule has 0 spiro atoms. The van der Waals surface area contributed by atoms with Gasteiger partial charge in [0.1, 0.15) is 6.10 Å². The van der Waals surface area contributed by atoms with Crippen LogP contribution in [0.5, 0.6) is 11.5 Å². The number of pyridine rings is 1. The van der Waals surface area contributed by atoms with Gasteiger partial charge >= 0.3 is 11.9 Å². The molecule has 3 atom stereocenters. The third-order valence-corrected chi connectivity index (χ3v) is 7.01. The van der Waals surface area contributed by atoms with E-state index >= 15 is 0 Å². The fraction of sp³-hybridized carbons (Fsp3) is 0.394. The van der Waals surface area contributed by atoms with Crippen molar-refractivity contribution in [1.82, 2.24) is 4.98 Å². The molecule has 0 saturated heterocycles. The van der Waals surface area contributed by atoms with Gasteiger partial charge < -0.3 is 18.9 Å². The van der Waals surface area contributed by atoms with E-state index in [0.717, 1.165) is 11.1 Å². The molecule has 0 N–H and O–H groups in total. The number of methoxy groups -OCH3 is 1. The van der Waals surface area contributed by atoms with E-state index in [2.05, 4.69) is 4.98 Å². The van der Waals surface area contributed by atoms with Crippen LogP contribution in [0.3, 0.4) is 0 Å². The molecular weight excluding hydrogens is 522 g/mol. The van der Waals surface area contributed by atoms with Crippen molar-refractivity contribution in [2.45, 2.75) is 65.8 Å². The van der Waals surface area contributed by atoms with Crippen molar-refractivity contribution >= 4 is 17.7 Å². The summed E-state index contributed by atoms with van der Waals surface area (Å²) in [5, 5.41) is 0. The summed E-state index contributed by atoms with van der Waals surface area (Å²) in [6, 6.07) is 21.4. The highest BCUT2D eigenvalue weighted by Gasteiger charge is 2.37. The van der Waals surface area contributed by atoms with Gasteiger partial charge in [0.15, 0.2) is 17.2 Å². The molecule has 218 valence electrons. The molecule has 0 bridgehead atoms. The number of hydrogen-bond acceptors (Lipinski definition) is 8. The Hall–Kier alpha value is -4.04. The fourth-order valence-corrected chi connectivity index (χ4v) is 4.67. The molecule has 41 heavy (non-hydrogen) atoms. The van der Waals surface area contributed by atoms with Gasteiger partial charge in [0, 0.05) is 31.5 Å². The Balaban J connectivity index is 1.74. The number of rotatable bonds is 14. The van der Waals surface area contributed by atoms with Gasteiger partial charge in [-0.25, -0.2) is 4.98 Å². The van der Waals surface area contributed by atoms with E-state index in [1.165, 1.54) is 26.3 Å². The highest BCUT2D eigenvalue weighted by atomic mass is 16.6. The molecule has 1 heterocycles. The summed E-state index contributed by atoms with van der Waals surface area (Å²) in [6.45, 7) is 9.14. The van der Waals surface area contributed by atoms with Gasteiger partial charge in [0.25, 0.3) is 0 Å². The molecule has 1 aromatic heterocycles. The van der Waals surface area contributed by atoms with Crippen LogP contribution in [0.25, 0.3) is 0 Å². The van der Waals surface area contributed by atoms with Crippen molar-refractivity contribution < 1.29 is 33.3 Å². The molecule has 2 aromatic carbocycles. The monoisotopic (exact) mass is 561 g/mol. The lowest BCUT2D eigenvalue weighted by molar-refractivity contribution is -0.164. The number of ketones is 1. The molecular formula is C33H39NO7. The first-order valence-electron chi connectivity index (χ1n) is 13.7. The molecule has 3 aromatic rings. The lowest BCUT2D eigenvalue weighted by Crippen LogP contribution is -2.44. The van der Waals surface area contributed by atoms with Crippen LogP contribution in [0, 0.1) is 11.8 Å². The first kappa shape index (κ1) is 31.5. The van der Waals surface area contributed by atoms with Crippen molar-refractivity contribution in [2.24, 2.45) is 11.8 Å². The van der Waals surface area contributed by atoms with Gasteiger partial charge in [-0.3, -0.25) is 14.4 Å². The molecule has 0 unspecified atom stereocenters. The highest BCUT2D eigenvalue weighted by molar-refractivity contribution is 5.99. The third kappa shape index (κ3) is 8.98. The molecule has 0 radical (unpaired) electrons. The Morgan fingerprint density at radius 2 is 1.51 bits per heavy atom. The van der Waals surface area contributed by atoms with Crippen LogP contribution in [0.4, 0.5) is 0 Å². The summed E-state index contributed by atoms with van der Waals surface area (Å²) in [6.07, 6.45) is 1.31. The Bertz CT molecular complexity index is 1310. The van der Waals surface area contributed by atoms with Crippen LogP contribution >= 0.6 is 0 Å². The number of esters is 2. The quantitative estimate of drug-likeness (QED) is 0.174. The van der Waals surface area contributed by atoms with Gasteiger partial charge in [-0.05, 0) is 38.3 Å². The fourth-order valence-electron chi connectivity index (χ4n) is 4.67. The lowest BCUT2D eigenvalue weighted by atomic mass is 9.81. The Labute approximate surface area is 242 Å². The molecule has 0 aliphatic heterocycles. The van der Waals surface area contributed by atoms with E-state index < -0.39 is 35.3 Å². The molecule has 0 saturated carbocycles. The molecule has 0 fully saturated rings. The van der Waals surface area contributed by atoms with Crippen molar-refractivity contribution in [1.29, 1.82) is 0 Å². The predicted molar refractivity (Wildman–Crippen MR) is 155 cm³/mol. The third-order valence-electron chi connectivity index (χ3n) is 7.01. The molecule has 0 aliphatic carbocycles. The van der Waals surface area contributed by atoms with E-state index in [1.807, 2.05) is 81.4 Å².